The van der Waals surface area contributed by atoms with E-state index in [4.69, 9.17) is 0 Å². The molecule has 0 bridgehead atoms. The maximum Gasteiger partial charge on any atom is 0.237 e. The zero-order valence-electron chi connectivity index (χ0n) is 12.8. The molecule has 0 radical (unpaired) electrons. The quantitative estimate of drug-likeness (QED) is 0.801. The summed E-state index contributed by atoms with van der Waals surface area (Å²) < 4.78 is 0. The lowest BCUT2D eigenvalue weighted by Crippen LogP contribution is -2.45. The molecular weight excluding hydrogens is 264 g/mol. The highest BCUT2D eigenvalue weighted by Gasteiger charge is 2.29. The van der Waals surface area contributed by atoms with Crippen LogP contribution < -0.4 is 5.32 Å². The van der Waals surface area contributed by atoms with Crippen molar-refractivity contribution in [1.82, 2.24) is 10.2 Å². The number of likely N-dealkylation sites (tertiary alicyclic amines) is 1. The van der Waals surface area contributed by atoms with Gasteiger partial charge < -0.3 is 10.4 Å². The summed E-state index contributed by atoms with van der Waals surface area (Å²) in [6.45, 7) is 4.45. The fraction of sp³-hybridized carbons (Fsp3) is 0.588. The van der Waals surface area contributed by atoms with Crippen LogP contribution in [0.3, 0.4) is 0 Å². The van der Waals surface area contributed by atoms with Crippen LogP contribution in [0.25, 0.3) is 0 Å². The minimum absolute atomic E-state index is 0.00567. The number of amides is 1. The van der Waals surface area contributed by atoms with Gasteiger partial charge in [0, 0.05) is 13.0 Å². The van der Waals surface area contributed by atoms with Gasteiger partial charge in [0.25, 0.3) is 0 Å². The first-order valence-corrected chi connectivity index (χ1v) is 7.94. The molecule has 2 rings (SSSR count). The number of hydrogen-bond donors (Lipinski definition) is 2. The molecule has 1 fully saturated rings. The number of benzene rings is 1. The highest BCUT2D eigenvalue weighted by molar-refractivity contribution is 5.82. The van der Waals surface area contributed by atoms with Crippen molar-refractivity contribution < 1.29 is 9.90 Å². The van der Waals surface area contributed by atoms with Crippen LogP contribution in [-0.2, 0) is 11.2 Å². The lowest BCUT2D eigenvalue weighted by Gasteiger charge is -2.23. The van der Waals surface area contributed by atoms with E-state index in [1.54, 1.807) is 0 Å². The summed E-state index contributed by atoms with van der Waals surface area (Å²) in [5, 5.41) is 12.9. The third-order valence-electron chi connectivity index (χ3n) is 4.00. The van der Waals surface area contributed by atoms with Crippen molar-refractivity contribution in [1.29, 1.82) is 0 Å². The van der Waals surface area contributed by atoms with Gasteiger partial charge in [0.2, 0.25) is 5.91 Å². The van der Waals surface area contributed by atoms with E-state index in [0.29, 0.717) is 13.0 Å². The Labute approximate surface area is 127 Å². The molecule has 116 valence electrons. The lowest BCUT2D eigenvalue weighted by molar-refractivity contribution is -0.125. The van der Waals surface area contributed by atoms with Gasteiger partial charge in [-0.05, 0) is 37.9 Å². The SMILES string of the molecule is CCCN1CCC[C@@H]1C(=O)NC[C@@H](O)Cc1ccccc1. The van der Waals surface area contributed by atoms with E-state index in [-0.39, 0.29) is 11.9 Å². The van der Waals surface area contributed by atoms with E-state index >= 15 is 0 Å². The average molecular weight is 290 g/mol. The Morgan fingerprint density at radius 1 is 1.43 bits per heavy atom. The first-order valence-electron chi connectivity index (χ1n) is 7.94. The first kappa shape index (κ1) is 16.0. The van der Waals surface area contributed by atoms with Crippen LogP contribution in [0.1, 0.15) is 31.7 Å². The summed E-state index contributed by atoms with van der Waals surface area (Å²) in [5.41, 5.74) is 1.09. The summed E-state index contributed by atoms with van der Waals surface area (Å²) in [4.78, 5) is 14.5. The highest BCUT2D eigenvalue weighted by Crippen LogP contribution is 2.17. The number of carbonyl (C=O) groups excluding carboxylic acids is 1. The number of nitrogens with one attached hydrogen (secondary N) is 1. The summed E-state index contributed by atoms with van der Waals surface area (Å²) in [6.07, 6.45) is 3.13. The van der Waals surface area contributed by atoms with Gasteiger partial charge in [-0.15, -0.1) is 0 Å². The van der Waals surface area contributed by atoms with E-state index in [9.17, 15) is 9.90 Å². The Kier molecular flexibility index (Phi) is 6.21. The van der Waals surface area contributed by atoms with Crippen molar-refractivity contribution >= 4 is 5.91 Å². The number of aliphatic hydroxyl groups excluding tert-OH is 1. The molecule has 21 heavy (non-hydrogen) atoms. The van der Waals surface area contributed by atoms with Gasteiger partial charge >= 0.3 is 0 Å². The minimum atomic E-state index is -0.530. The third-order valence-corrected chi connectivity index (χ3v) is 4.00. The summed E-state index contributed by atoms with van der Waals surface area (Å²) >= 11 is 0. The predicted octanol–water partition coefficient (Wildman–Crippen LogP) is 1.58. The van der Waals surface area contributed by atoms with Crippen LogP contribution in [0.2, 0.25) is 0 Å². The molecule has 1 heterocycles. The monoisotopic (exact) mass is 290 g/mol. The zero-order valence-corrected chi connectivity index (χ0v) is 12.8. The van der Waals surface area contributed by atoms with Crippen LogP contribution in [0.4, 0.5) is 0 Å². The summed E-state index contributed by atoms with van der Waals surface area (Å²) in [5.74, 6) is 0.0630. The van der Waals surface area contributed by atoms with E-state index < -0.39 is 6.10 Å². The van der Waals surface area contributed by atoms with E-state index in [1.807, 2.05) is 30.3 Å². The number of aliphatic hydroxyl groups is 1. The smallest absolute Gasteiger partial charge is 0.237 e. The second-order valence-electron chi connectivity index (χ2n) is 5.78. The first-order chi connectivity index (χ1) is 10.2. The van der Waals surface area contributed by atoms with E-state index in [2.05, 4.69) is 17.1 Å². The van der Waals surface area contributed by atoms with Crippen LogP contribution in [0, 0.1) is 0 Å². The normalized spacial score (nSPS) is 20.4. The van der Waals surface area contributed by atoms with Gasteiger partial charge in [-0.25, -0.2) is 0 Å². The molecule has 2 N–H and O–H groups in total. The molecule has 1 saturated heterocycles. The Bertz CT molecular complexity index is 436. The van der Waals surface area contributed by atoms with Gasteiger partial charge in [-0.1, -0.05) is 37.3 Å². The van der Waals surface area contributed by atoms with Gasteiger partial charge in [-0.2, -0.15) is 0 Å². The Balaban J connectivity index is 1.75. The van der Waals surface area contributed by atoms with Crippen molar-refractivity contribution in [2.45, 2.75) is 44.8 Å². The maximum atomic E-state index is 12.2. The van der Waals surface area contributed by atoms with E-state index in [1.165, 1.54) is 0 Å². The second-order valence-corrected chi connectivity index (χ2v) is 5.78. The van der Waals surface area contributed by atoms with Crippen molar-refractivity contribution in [3.63, 3.8) is 0 Å². The van der Waals surface area contributed by atoms with Gasteiger partial charge in [0.1, 0.15) is 0 Å². The molecule has 4 nitrogen and oxygen atoms in total. The number of carbonyl (C=O) groups is 1. The molecule has 0 unspecified atom stereocenters. The number of hydrogen-bond acceptors (Lipinski definition) is 3. The molecule has 2 atom stereocenters. The van der Waals surface area contributed by atoms with Gasteiger partial charge in [-0.3, -0.25) is 9.69 Å². The maximum absolute atomic E-state index is 12.2. The third kappa shape index (κ3) is 4.83. The van der Waals surface area contributed by atoms with Crippen LogP contribution in [0.15, 0.2) is 30.3 Å². The Morgan fingerprint density at radius 3 is 2.90 bits per heavy atom. The molecule has 1 aromatic rings. The predicted molar refractivity (Wildman–Crippen MR) is 84.0 cm³/mol. The van der Waals surface area contributed by atoms with Crippen LogP contribution in [-0.4, -0.2) is 47.7 Å². The summed E-state index contributed by atoms with van der Waals surface area (Å²) in [7, 11) is 0. The highest BCUT2D eigenvalue weighted by atomic mass is 16.3. The Hall–Kier alpha value is -1.39. The van der Waals surface area contributed by atoms with Crippen molar-refractivity contribution in [2.24, 2.45) is 0 Å². The Morgan fingerprint density at radius 2 is 2.19 bits per heavy atom. The van der Waals surface area contributed by atoms with E-state index in [0.717, 1.165) is 37.9 Å². The lowest BCUT2D eigenvalue weighted by atomic mass is 10.1. The fourth-order valence-corrected chi connectivity index (χ4v) is 2.97. The molecule has 1 amide bonds. The van der Waals surface area contributed by atoms with Crippen LogP contribution in [0.5, 0.6) is 0 Å². The fourth-order valence-electron chi connectivity index (χ4n) is 2.97. The summed E-state index contributed by atoms with van der Waals surface area (Å²) in [6, 6.07) is 9.86. The molecule has 0 saturated carbocycles. The molecule has 0 aliphatic carbocycles. The average Bonchev–Trinajstić information content (AvgIpc) is 2.95. The number of rotatable bonds is 7. The molecule has 1 aliphatic rings. The molecule has 1 aliphatic heterocycles. The molecule has 1 aromatic carbocycles. The zero-order chi connectivity index (χ0) is 15.1. The topological polar surface area (TPSA) is 52.6 Å². The van der Waals surface area contributed by atoms with Crippen molar-refractivity contribution in [3.8, 4) is 0 Å². The molecule has 0 spiro atoms. The van der Waals surface area contributed by atoms with Gasteiger partial charge in [0.05, 0.1) is 12.1 Å². The van der Waals surface area contributed by atoms with Gasteiger partial charge in [0.15, 0.2) is 0 Å². The van der Waals surface area contributed by atoms with Crippen molar-refractivity contribution in [3.05, 3.63) is 35.9 Å². The largest absolute Gasteiger partial charge is 0.391 e. The minimum Gasteiger partial charge on any atom is -0.391 e. The number of nitrogens with zero attached hydrogens (tertiary/aromatic N) is 1. The van der Waals surface area contributed by atoms with Crippen LogP contribution >= 0.6 is 0 Å². The molecule has 4 heteroatoms. The van der Waals surface area contributed by atoms with Crippen molar-refractivity contribution in [2.75, 3.05) is 19.6 Å². The second kappa shape index (κ2) is 8.15. The molecular formula is C17H26N2O2. The standard InChI is InChI=1S/C17H26N2O2/c1-2-10-19-11-6-9-16(19)17(21)18-13-15(20)12-14-7-4-3-5-8-14/h3-5,7-8,15-16,20H,2,6,9-13H2,1H3,(H,18,21)/t15-,16+/m0/s1. The molecule has 0 aromatic heterocycles.